The lowest BCUT2D eigenvalue weighted by Gasteiger charge is -2.32. The summed E-state index contributed by atoms with van der Waals surface area (Å²) in [4.78, 5) is 28.1. The Morgan fingerprint density at radius 1 is 1.17 bits per heavy atom. The average molecular weight is 417 g/mol. The van der Waals surface area contributed by atoms with Crippen molar-refractivity contribution in [1.29, 1.82) is 0 Å². The van der Waals surface area contributed by atoms with Crippen LogP contribution >= 0.6 is 0 Å². The summed E-state index contributed by atoms with van der Waals surface area (Å²) in [6, 6.07) is 7.70. The lowest BCUT2D eigenvalue weighted by Crippen LogP contribution is -2.53. The third-order valence-electron chi connectivity index (χ3n) is 6.52. The maximum atomic E-state index is 13.0. The number of nitrogens with zero attached hydrogens (tertiary/aromatic N) is 1. The van der Waals surface area contributed by atoms with Crippen LogP contribution in [-0.2, 0) is 20.9 Å². The summed E-state index contributed by atoms with van der Waals surface area (Å²) in [6.07, 6.45) is 3.93. The van der Waals surface area contributed by atoms with Gasteiger partial charge in [0, 0.05) is 32.4 Å². The van der Waals surface area contributed by atoms with E-state index in [1.165, 1.54) is 0 Å². The van der Waals surface area contributed by atoms with Crippen LogP contribution in [0.2, 0.25) is 0 Å². The van der Waals surface area contributed by atoms with Crippen molar-refractivity contribution in [1.82, 2.24) is 15.5 Å². The lowest BCUT2D eigenvalue weighted by molar-refractivity contribution is -0.135. The zero-order valence-corrected chi connectivity index (χ0v) is 18.6. The highest BCUT2D eigenvalue weighted by molar-refractivity contribution is 5.89. The van der Waals surface area contributed by atoms with Crippen LogP contribution in [0.25, 0.3) is 0 Å². The number of nitrogens with one attached hydrogen (secondary N) is 3. The highest BCUT2D eigenvalue weighted by Crippen LogP contribution is 2.33. The highest BCUT2D eigenvalue weighted by Gasteiger charge is 2.40. The van der Waals surface area contributed by atoms with Crippen molar-refractivity contribution >= 4 is 17.5 Å². The first-order valence-electron chi connectivity index (χ1n) is 11.0. The molecular formula is C23H36N4O3. The van der Waals surface area contributed by atoms with E-state index in [1.807, 2.05) is 38.2 Å². The second kappa shape index (κ2) is 10.3. The molecule has 7 heteroatoms. The number of anilines is 1. The number of carbonyl (C=O) groups is 2. The molecule has 7 nitrogen and oxygen atoms in total. The Hall–Kier alpha value is -2.12. The number of ether oxygens (including phenoxy) is 1. The van der Waals surface area contributed by atoms with Crippen molar-refractivity contribution in [3.05, 3.63) is 29.8 Å². The number of methoxy groups -OCH3 is 1. The lowest BCUT2D eigenvalue weighted by atomic mass is 9.94. The maximum Gasteiger partial charge on any atom is 0.243 e. The predicted molar refractivity (Wildman–Crippen MR) is 118 cm³/mol. The fraction of sp³-hybridized carbons (Fsp3) is 0.652. The second-order valence-electron chi connectivity index (χ2n) is 8.67. The molecule has 2 amide bonds. The van der Waals surface area contributed by atoms with E-state index >= 15 is 0 Å². The summed E-state index contributed by atoms with van der Waals surface area (Å²) in [6.45, 7) is 3.38. The minimum atomic E-state index is -0.477. The molecule has 0 radical (unpaired) electrons. The Balaban J connectivity index is 1.57. The fourth-order valence-electron chi connectivity index (χ4n) is 4.39. The predicted octanol–water partition coefficient (Wildman–Crippen LogP) is 1.98. The second-order valence-corrected chi connectivity index (χ2v) is 8.67. The van der Waals surface area contributed by atoms with Gasteiger partial charge in [-0.2, -0.15) is 0 Å². The normalized spacial score (nSPS) is 22.2. The monoisotopic (exact) mass is 416 g/mol. The zero-order valence-electron chi connectivity index (χ0n) is 18.6. The van der Waals surface area contributed by atoms with Crippen LogP contribution < -0.4 is 16.0 Å². The van der Waals surface area contributed by atoms with E-state index in [9.17, 15) is 9.59 Å². The maximum absolute atomic E-state index is 13.0. The van der Waals surface area contributed by atoms with Crippen LogP contribution in [0.1, 0.15) is 38.2 Å². The van der Waals surface area contributed by atoms with Crippen molar-refractivity contribution in [2.75, 3.05) is 33.1 Å². The van der Waals surface area contributed by atoms with Gasteiger partial charge in [0.05, 0.1) is 12.0 Å². The van der Waals surface area contributed by atoms with Crippen molar-refractivity contribution in [2.45, 2.75) is 57.3 Å². The molecule has 0 bridgehead atoms. The molecule has 1 aliphatic heterocycles. The van der Waals surface area contributed by atoms with Gasteiger partial charge in [0.15, 0.2) is 0 Å². The highest BCUT2D eigenvalue weighted by atomic mass is 16.5. The van der Waals surface area contributed by atoms with Gasteiger partial charge in [-0.05, 0) is 62.9 Å². The van der Waals surface area contributed by atoms with Crippen LogP contribution in [0.5, 0.6) is 0 Å². The molecule has 1 aromatic carbocycles. The van der Waals surface area contributed by atoms with E-state index in [-0.39, 0.29) is 35.8 Å². The molecule has 3 rings (SSSR count). The van der Waals surface area contributed by atoms with Crippen LogP contribution in [-0.4, -0.2) is 62.7 Å². The number of likely N-dealkylation sites (tertiary alicyclic amines) is 1. The van der Waals surface area contributed by atoms with Crippen LogP contribution in [0.3, 0.4) is 0 Å². The third kappa shape index (κ3) is 5.52. The van der Waals surface area contributed by atoms with E-state index in [0.717, 1.165) is 43.5 Å². The molecule has 30 heavy (non-hydrogen) atoms. The Morgan fingerprint density at radius 3 is 2.40 bits per heavy atom. The van der Waals surface area contributed by atoms with Gasteiger partial charge >= 0.3 is 0 Å². The topological polar surface area (TPSA) is 82.7 Å². The van der Waals surface area contributed by atoms with Crippen LogP contribution in [0, 0.1) is 11.8 Å². The van der Waals surface area contributed by atoms with Gasteiger partial charge in [-0.3, -0.25) is 9.59 Å². The summed E-state index contributed by atoms with van der Waals surface area (Å²) >= 11 is 0. The molecule has 1 saturated carbocycles. The Bertz CT molecular complexity index is 720. The number of benzene rings is 1. The van der Waals surface area contributed by atoms with E-state index in [0.29, 0.717) is 6.54 Å². The van der Waals surface area contributed by atoms with Crippen LogP contribution in [0.4, 0.5) is 5.69 Å². The summed E-state index contributed by atoms with van der Waals surface area (Å²) in [5.41, 5.74) is 2.06. The number of hydrogen-bond acceptors (Lipinski definition) is 5. The quantitative estimate of drug-likeness (QED) is 0.543. The van der Waals surface area contributed by atoms with E-state index in [1.54, 1.807) is 7.11 Å². The molecular weight excluding hydrogens is 380 g/mol. The smallest absolute Gasteiger partial charge is 0.243 e. The van der Waals surface area contributed by atoms with E-state index in [4.69, 9.17) is 4.74 Å². The third-order valence-corrected chi connectivity index (χ3v) is 6.52. The molecule has 2 fully saturated rings. The number of amides is 2. The number of likely N-dealkylation sites (N-methyl/N-ethyl adjacent to an activating group) is 1. The first kappa shape index (κ1) is 22.6. The van der Waals surface area contributed by atoms with Crippen molar-refractivity contribution in [3.63, 3.8) is 0 Å². The number of carbonyl (C=O) groups excluding carboxylic acids is 2. The molecule has 2 aliphatic rings. The molecule has 4 unspecified atom stereocenters. The van der Waals surface area contributed by atoms with Crippen molar-refractivity contribution < 1.29 is 14.3 Å². The summed E-state index contributed by atoms with van der Waals surface area (Å²) in [5, 5.41) is 9.10. The summed E-state index contributed by atoms with van der Waals surface area (Å²) in [7, 11) is 5.63. The molecule has 4 atom stereocenters. The van der Waals surface area contributed by atoms with E-state index in [2.05, 4.69) is 27.9 Å². The number of hydrogen-bond donors (Lipinski definition) is 3. The summed E-state index contributed by atoms with van der Waals surface area (Å²) < 4.78 is 5.72. The Labute approximate surface area is 179 Å². The Kier molecular flexibility index (Phi) is 7.72. The Morgan fingerprint density at radius 2 is 1.87 bits per heavy atom. The van der Waals surface area contributed by atoms with Crippen LogP contribution in [0.15, 0.2) is 24.3 Å². The van der Waals surface area contributed by atoms with Crippen molar-refractivity contribution in [3.8, 4) is 0 Å². The van der Waals surface area contributed by atoms with Gasteiger partial charge in [-0.1, -0.05) is 19.1 Å². The molecule has 0 spiro atoms. The molecule has 1 aliphatic carbocycles. The van der Waals surface area contributed by atoms with Gasteiger partial charge in [0.2, 0.25) is 11.8 Å². The van der Waals surface area contributed by atoms with Gasteiger partial charge in [0.1, 0.15) is 6.04 Å². The first-order chi connectivity index (χ1) is 14.4. The fourth-order valence-corrected chi connectivity index (χ4v) is 4.39. The standard InChI is InChI=1S/C23H36N4O3/c1-15(21(30-4)19-6-5-13-27(19)3)22(28)26-20(17-9-10-17)23(29)25-14-16-7-11-18(24-2)12-8-16/h7-8,11-12,15,17,19-21,24H,5-6,9-10,13-14H2,1-4H3,(H,25,29)(H,26,28). The van der Waals surface area contributed by atoms with Gasteiger partial charge in [0.25, 0.3) is 0 Å². The number of rotatable bonds is 10. The molecule has 3 N–H and O–H groups in total. The molecule has 0 aromatic heterocycles. The zero-order chi connectivity index (χ0) is 21.7. The minimum Gasteiger partial charge on any atom is -0.388 e. The van der Waals surface area contributed by atoms with Gasteiger partial charge in [-0.15, -0.1) is 0 Å². The minimum absolute atomic E-state index is 0.104. The van der Waals surface area contributed by atoms with Crippen molar-refractivity contribution in [2.24, 2.45) is 11.8 Å². The first-order valence-corrected chi connectivity index (χ1v) is 11.0. The SMILES string of the molecule is CNc1ccc(CNC(=O)C(NC(=O)C(C)C(OC)C2CCCN2C)C2CC2)cc1. The largest absolute Gasteiger partial charge is 0.388 e. The molecule has 166 valence electrons. The molecule has 1 aromatic rings. The summed E-state index contributed by atoms with van der Waals surface area (Å²) in [5.74, 6) is -0.304. The molecule has 1 saturated heterocycles. The van der Waals surface area contributed by atoms with E-state index < -0.39 is 6.04 Å². The average Bonchev–Trinajstić information content (AvgIpc) is 3.52. The van der Waals surface area contributed by atoms with Gasteiger partial charge < -0.3 is 25.6 Å². The molecule has 1 heterocycles. The van der Waals surface area contributed by atoms with Gasteiger partial charge in [-0.25, -0.2) is 0 Å².